The number of carbonyl (C=O) groups excluding carboxylic acids is 3. The molecule has 2 aromatic rings. The van der Waals surface area contributed by atoms with Crippen molar-refractivity contribution in [1.82, 2.24) is 10.2 Å². The monoisotopic (exact) mass is 432 g/mol. The van der Waals surface area contributed by atoms with Gasteiger partial charge in [-0.05, 0) is 48.0 Å². The predicted octanol–water partition coefficient (Wildman–Crippen LogP) is 4.26. The van der Waals surface area contributed by atoms with Gasteiger partial charge in [-0.25, -0.2) is 4.39 Å². The summed E-state index contributed by atoms with van der Waals surface area (Å²) in [5.74, 6) is -1.13. The lowest BCUT2D eigenvalue weighted by molar-refractivity contribution is -0.124. The molecule has 1 aliphatic rings. The number of benzene rings is 2. The van der Waals surface area contributed by atoms with Gasteiger partial charge in [0.2, 0.25) is 5.91 Å². The van der Waals surface area contributed by atoms with Crippen LogP contribution in [0.4, 0.5) is 9.18 Å². The van der Waals surface area contributed by atoms with Crippen LogP contribution in [0.15, 0.2) is 53.4 Å². The third-order valence-electron chi connectivity index (χ3n) is 4.28. The molecule has 0 bridgehead atoms. The van der Waals surface area contributed by atoms with Crippen LogP contribution in [0.1, 0.15) is 17.5 Å². The minimum atomic E-state index is -0.487. The van der Waals surface area contributed by atoms with Gasteiger partial charge in [-0.1, -0.05) is 41.9 Å². The highest BCUT2D eigenvalue weighted by molar-refractivity contribution is 8.18. The molecule has 0 aromatic heterocycles. The number of nitrogens with one attached hydrogen (secondary N) is 1. The maximum absolute atomic E-state index is 13.8. The number of imide groups is 1. The quantitative estimate of drug-likeness (QED) is 0.664. The molecule has 0 saturated carbocycles. The van der Waals surface area contributed by atoms with E-state index in [9.17, 15) is 18.8 Å². The van der Waals surface area contributed by atoms with Crippen molar-refractivity contribution in [2.75, 3.05) is 13.1 Å². The Morgan fingerprint density at radius 3 is 2.59 bits per heavy atom. The van der Waals surface area contributed by atoms with Crippen LogP contribution >= 0.6 is 23.4 Å². The van der Waals surface area contributed by atoms with Crippen LogP contribution in [-0.2, 0) is 16.0 Å². The summed E-state index contributed by atoms with van der Waals surface area (Å²) in [5.41, 5.74) is 1.24. The zero-order chi connectivity index (χ0) is 20.8. The van der Waals surface area contributed by atoms with Crippen molar-refractivity contribution < 1.29 is 18.8 Å². The average Bonchev–Trinajstić information content (AvgIpc) is 2.96. The van der Waals surface area contributed by atoms with Crippen LogP contribution in [0.2, 0.25) is 5.02 Å². The van der Waals surface area contributed by atoms with E-state index in [1.807, 2.05) is 12.1 Å². The van der Waals surface area contributed by atoms with Crippen LogP contribution in [0.25, 0.3) is 6.08 Å². The summed E-state index contributed by atoms with van der Waals surface area (Å²) in [6, 6.07) is 13.3. The molecule has 0 unspecified atom stereocenters. The van der Waals surface area contributed by atoms with Crippen molar-refractivity contribution in [3.8, 4) is 0 Å². The van der Waals surface area contributed by atoms with Crippen molar-refractivity contribution >= 4 is 46.5 Å². The first kappa shape index (κ1) is 21.1. The topological polar surface area (TPSA) is 66.5 Å². The zero-order valence-corrected chi connectivity index (χ0v) is 16.9. The third kappa shape index (κ3) is 5.68. The number of thioether (sulfide) groups is 1. The standard InChI is InChI=1S/C21H18ClFN2O3S/c22-16-8-5-14(6-9-16)7-10-19(26)24-11-12-25-20(27)18(29-21(25)28)13-15-3-1-2-4-17(15)23/h1-6,8-9,13H,7,10-12H2,(H,24,26)/b18-13-. The minimum absolute atomic E-state index is 0.0615. The molecule has 1 aliphatic heterocycles. The second-order valence-corrected chi connectivity index (χ2v) is 7.76. The number of nitrogens with zero attached hydrogens (tertiary/aromatic N) is 1. The molecule has 3 amide bonds. The van der Waals surface area contributed by atoms with Gasteiger partial charge in [0.25, 0.3) is 11.1 Å². The van der Waals surface area contributed by atoms with Gasteiger partial charge in [0.15, 0.2) is 0 Å². The molecule has 1 N–H and O–H groups in total. The maximum atomic E-state index is 13.8. The highest BCUT2D eigenvalue weighted by Gasteiger charge is 2.34. The van der Waals surface area contributed by atoms with E-state index in [0.717, 1.165) is 22.2 Å². The number of rotatable bonds is 7. The number of aryl methyl sites for hydroxylation is 1. The van der Waals surface area contributed by atoms with E-state index >= 15 is 0 Å². The SMILES string of the molecule is O=C(CCc1ccc(Cl)cc1)NCCN1C(=O)S/C(=C\c2ccccc2F)C1=O. The van der Waals surface area contributed by atoms with Gasteiger partial charge < -0.3 is 5.32 Å². The van der Waals surface area contributed by atoms with Gasteiger partial charge in [0, 0.05) is 30.1 Å². The van der Waals surface area contributed by atoms with E-state index in [2.05, 4.69) is 5.32 Å². The largest absolute Gasteiger partial charge is 0.354 e. The Labute approximate surface area is 176 Å². The molecule has 2 aromatic carbocycles. The Hall–Kier alpha value is -2.64. The number of carbonyl (C=O) groups is 3. The van der Waals surface area contributed by atoms with Gasteiger partial charge in [-0.2, -0.15) is 0 Å². The lowest BCUT2D eigenvalue weighted by Crippen LogP contribution is -2.37. The lowest BCUT2D eigenvalue weighted by atomic mass is 10.1. The smallest absolute Gasteiger partial charge is 0.293 e. The summed E-state index contributed by atoms with van der Waals surface area (Å²) >= 11 is 6.59. The highest BCUT2D eigenvalue weighted by Crippen LogP contribution is 2.32. The van der Waals surface area contributed by atoms with Crippen LogP contribution in [0.5, 0.6) is 0 Å². The van der Waals surface area contributed by atoms with Crippen molar-refractivity contribution in [1.29, 1.82) is 0 Å². The van der Waals surface area contributed by atoms with E-state index in [0.29, 0.717) is 11.4 Å². The first-order valence-corrected chi connectivity index (χ1v) is 10.1. The summed E-state index contributed by atoms with van der Waals surface area (Å²) in [6.07, 6.45) is 2.22. The van der Waals surface area contributed by atoms with Gasteiger partial charge in [-0.3, -0.25) is 19.3 Å². The van der Waals surface area contributed by atoms with Gasteiger partial charge >= 0.3 is 0 Å². The van der Waals surface area contributed by atoms with E-state index < -0.39 is 17.0 Å². The molecule has 0 atom stereocenters. The van der Waals surface area contributed by atoms with Gasteiger partial charge in [0.1, 0.15) is 5.82 Å². The molecular weight excluding hydrogens is 415 g/mol. The predicted molar refractivity (Wildman–Crippen MR) is 112 cm³/mol. The molecule has 3 rings (SSSR count). The number of hydrogen-bond acceptors (Lipinski definition) is 4. The number of hydrogen-bond donors (Lipinski definition) is 1. The normalized spacial score (nSPS) is 15.2. The second kappa shape index (κ2) is 9.71. The van der Waals surface area contributed by atoms with Crippen LogP contribution in [0, 0.1) is 5.82 Å². The van der Waals surface area contributed by atoms with Crippen molar-refractivity contribution in [2.24, 2.45) is 0 Å². The average molecular weight is 433 g/mol. The van der Waals surface area contributed by atoms with Gasteiger partial charge in [-0.15, -0.1) is 0 Å². The third-order valence-corrected chi connectivity index (χ3v) is 5.44. The molecule has 1 heterocycles. The van der Waals surface area contributed by atoms with Crippen LogP contribution in [-0.4, -0.2) is 35.0 Å². The van der Waals surface area contributed by atoms with E-state index in [-0.39, 0.29) is 35.9 Å². The zero-order valence-electron chi connectivity index (χ0n) is 15.4. The van der Waals surface area contributed by atoms with Crippen LogP contribution in [0.3, 0.4) is 0 Å². The Morgan fingerprint density at radius 2 is 1.86 bits per heavy atom. The van der Waals surface area contributed by atoms with Crippen LogP contribution < -0.4 is 5.32 Å². The first-order chi connectivity index (χ1) is 13.9. The van der Waals surface area contributed by atoms with E-state index in [1.165, 1.54) is 18.2 Å². The van der Waals surface area contributed by atoms with Crippen molar-refractivity contribution in [3.63, 3.8) is 0 Å². The van der Waals surface area contributed by atoms with Crippen molar-refractivity contribution in [3.05, 3.63) is 75.4 Å². The molecule has 8 heteroatoms. The van der Waals surface area contributed by atoms with E-state index in [1.54, 1.807) is 24.3 Å². The summed E-state index contributed by atoms with van der Waals surface area (Å²) in [7, 11) is 0. The molecular formula is C21H18ClFN2O3S. The summed E-state index contributed by atoms with van der Waals surface area (Å²) in [6.45, 7) is 0.219. The summed E-state index contributed by atoms with van der Waals surface area (Å²) in [5, 5.41) is 2.91. The molecule has 0 radical (unpaired) electrons. The Kier molecular flexibility index (Phi) is 7.06. The fraction of sp³-hybridized carbons (Fsp3) is 0.190. The Morgan fingerprint density at radius 1 is 1.14 bits per heavy atom. The number of amides is 3. The minimum Gasteiger partial charge on any atom is -0.354 e. The van der Waals surface area contributed by atoms with Crippen molar-refractivity contribution in [2.45, 2.75) is 12.8 Å². The Balaban J connectivity index is 1.48. The summed E-state index contributed by atoms with van der Waals surface area (Å²) in [4.78, 5) is 37.7. The molecule has 150 valence electrons. The number of halogens is 2. The Bertz CT molecular complexity index is 963. The molecule has 5 nitrogen and oxygen atoms in total. The summed E-state index contributed by atoms with van der Waals surface area (Å²) < 4.78 is 13.8. The molecule has 0 aliphatic carbocycles. The maximum Gasteiger partial charge on any atom is 0.293 e. The highest BCUT2D eigenvalue weighted by atomic mass is 35.5. The molecule has 0 spiro atoms. The lowest BCUT2D eigenvalue weighted by Gasteiger charge is -2.13. The fourth-order valence-electron chi connectivity index (χ4n) is 2.73. The van der Waals surface area contributed by atoms with E-state index in [4.69, 9.17) is 11.6 Å². The second-order valence-electron chi connectivity index (χ2n) is 6.33. The molecule has 1 saturated heterocycles. The molecule has 29 heavy (non-hydrogen) atoms. The first-order valence-electron chi connectivity index (χ1n) is 8.95. The molecule has 1 fully saturated rings. The fourth-order valence-corrected chi connectivity index (χ4v) is 3.71. The van der Waals surface area contributed by atoms with Gasteiger partial charge in [0.05, 0.1) is 4.91 Å².